The minimum Gasteiger partial charge on any atom is -0.459 e. The molecule has 33 heavy (non-hydrogen) atoms. The van der Waals surface area contributed by atoms with Crippen LogP contribution >= 0.6 is 0 Å². The highest BCUT2D eigenvalue weighted by Gasteiger charge is 2.31. The number of amides is 1. The van der Waals surface area contributed by atoms with Gasteiger partial charge in [0.2, 0.25) is 6.29 Å². The lowest BCUT2D eigenvalue weighted by Gasteiger charge is -2.33. The number of rotatable bonds is 8. The van der Waals surface area contributed by atoms with Gasteiger partial charge in [-0.2, -0.15) is 0 Å². The quantitative estimate of drug-likeness (QED) is 0.511. The van der Waals surface area contributed by atoms with Crippen molar-refractivity contribution in [1.82, 2.24) is 4.90 Å². The van der Waals surface area contributed by atoms with Crippen LogP contribution in [0.5, 0.6) is 0 Å². The van der Waals surface area contributed by atoms with E-state index in [4.69, 9.17) is 38.3 Å². The third kappa shape index (κ3) is 11.6. The summed E-state index contributed by atoms with van der Waals surface area (Å²) in [5, 5.41) is 8.80. The molecule has 2 atom stereocenters. The predicted octanol–water partition coefficient (Wildman–Crippen LogP) is 0.823. The average molecular weight is 476 g/mol. The molecule has 1 saturated heterocycles. The van der Waals surface area contributed by atoms with Crippen LogP contribution in [-0.2, 0) is 38.0 Å². The second-order valence-electron chi connectivity index (χ2n) is 8.17. The molecule has 1 N–H and O–H groups in total. The predicted molar refractivity (Wildman–Crippen MR) is 120 cm³/mol. The molecule has 0 aromatic rings. The molecule has 1 fully saturated rings. The number of ether oxygens (including phenoxy) is 7. The molecule has 0 aromatic heterocycles. The number of hydrogen-bond donors (Lipinski definition) is 1. The van der Waals surface area contributed by atoms with Gasteiger partial charge in [0.05, 0.1) is 79.3 Å². The molecule has 2 rings (SSSR count). The molecule has 10 heteroatoms. The lowest BCUT2D eigenvalue weighted by atomic mass is 9.90. The number of carbonyl (C=O) groups excluding carboxylic acids is 1. The van der Waals surface area contributed by atoms with Crippen LogP contribution in [0.2, 0.25) is 0 Å². The van der Waals surface area contributed by atoms with E-state index in [0.29, 0.717) is 97.3 Å². The van der Waals surface area contributed by atoms with E-state index in [9.17, 15) is 4.79 Å². The topological polar surface area (TPSA) is 105 Å². The summed E-state index contributed by atoms with van der Waals surface area (Å²) in [7, 11) is 0. The van der Waals surface area contributed by atoms with E-state index in [1.165, 1.54) is 0 Å². The van der Waals surface area contributed by atoms with Crippen LogP contribution in [0.1, 0.15) is 20.3 Å². The lowest BCUT2D eigenvalue weighted by Crippen LogP contribution is -2.41. The van der Waals surface area contributed by atoms with Crippen LogP contribution in [0.15, 0.2) is 11.8 Å². The Morgan fingerprint density at radius 1 is 0.970 bits per heavy atom. The zero-order valence-electron chi connectivity index (χ0n) is 20.1. The third-order valence-electron chi connectivity index (χ3n) is 5.34. The number of carbonyl (C=O) groups is 1. The molecular weight excluding hydrogens is 434 g/mol. The Morgan fingerprint density at radius 2 is 1.55 bits per heavy atom. The minimum absolute atomic E-state index is 0.0277. The molecule has 2 aliphatic rings. The Kier molecular flexibility index (Phi) is 14.6. The number of nitrogens with zero attached hydrogens (tertiary/aromatic N) is 1. The highest BCUT2D eigenvalue weighted by molar-refractivity contribution is 5.91. The first-order chi connectivity index (χ1) is 16.1. The first-order valence-electron chi connectivity index (χ1n) is 11.9. The van der Waals surface area contributed by atoms with Gasteiger partial charge in [-0.25, -0.2) is 0 Å². The smallest absolute Gasteiger partial charge is 0.288 e. The third-order valence-corrected chi connectivity index (χ3v) is 5.34. The molecule has 10 nitrogen and oxygen atoms in total. The number of allylic oxidation sites excluding steroid dienone is 1. The fourth-order valence-corrected chi connectivity index (χ4v) is 3.39. The van der Waals surface area contributed by atoms with Gasteiger partial charge in [-0.1, -0.05) is 13.8 Å². The Labute approximate surface area is 197 Å². The molecular formula is C23H41NO9. The van der Waals surface area contributed by atoms with E-state index in [-0.39, 0.29) is 25.0 Å². The van der Waals surface area contributed by atoms with Crippen LogP contribution in [0, 0.1) is 11.8 Å². The van der Waals surface area contributed by atoms with Gasteiger partial charge in [0, 0.05) is 19.5 Å². The van der Waals surface area contributed by atoms with Crippen molar-refractivity contribution in [2.75, 3.05) is 92.4 Å². The van der Waals surface area contributed by atoms with Gasteiger partial charge in [-0.15, -0.1) is 0 Å². The van der Waals surface area contributed by atoms with E-state index < -0.39 is 6.29 Å². The van der Waals surface area contributed by atoms with E-state index in [0.717, 1.165) is 0 Å². The van der Waals surface area contributed by atoms with E-state index in [2.05, 4.69) is 13.8 Å². The Hall–Kier alpha value is -1.27. The average Bonchev–Trinajstić information content (AvgIpc) is 2.82. The minimum atomic E-state index is -0.524. The summed E-state index contributed by atoms with van der Waals surface area (Å²) in [5.74, 6) is 0.592. The highest BCUT2D eigenvalue weighted by Crippen LogP contribution is 2.29. The molecule has 2 aliphatic heterocycles. The number of hydrogen-bond acceptors (Lipinski definition) is 9. The molecule has 192 valence electrons. The zero-order valence-corrected chi connectivity index (χ0v) is 20.1. The maximum Gasteiger partial charge on any atom is 0.288 e. The van der Waals surface area contributed by atoms with Gasteiger partial charge in [-0.3, -0.25) is 4.79 Å². The SMILES string of the molecule is CC(C)[C@@H]1C=C(C(=O)N2CCOCCOCCOCCOCC2)O[C@H](OCCOCCO)C1. The number of aliphatic hydroxyl groups is 1. The van der Waals surface area contributed by atoms with Gasteiger partial charge in [0.25, 0.3) is 5.91 Å². The second-order valence-corrected chi connectivity index (χ2v) is 8.17. The van der Waals surface area contributed by atoms with Crippen LogP contribution in [-0.4, -0.2) is 115 Å². The molecule has 2 heterocycles. The van der Waals surface area contributed by atoms with Crippen LogP contribution in [0.4, 0.5) is 0 Å². The van der Waals surface area contributed by atoms with E-state index in [1.807, 2.05) is 6.08 Å². The van der Waals surface area contributed by atoms with Crippen molar-refractivity contribution in [3.8, 4) is 0 Å². The summed E-state index contributed by atoms with van der Waals surface area (Å²) in [5.41, 5.74) is 0. The summed E-state index contributed by atoms with van der Waals surface area (Å²) in [4.78, 5) is 15.0. The van der Waals surface area contributed by atoms with Gasteiger partial charge in [0.15, 0.2) is 5.76 Å². The van der Waals surface area contributed by atoms with Crippen LogP contribution in [0.25, 0.3) is 0 Å². The first-order valence-corrected chi connectivity index (χ1v) is 11.9. The van der Waals surface area contributed by atoms with Crippen molar-refractivity contribution in [3.05, 3.63) is 11.8 Å². The van der Waals surface area contributed by atoms with Crippen molar-refractivity contribution in [3.63, 3.8) is 0 Å². The molecule has 0 aromatic carbocycles. The monoisotopic (exact) mass is 475 g/mol. The normalized spacial score (nSPS) is 24.5. The van der Waals surface area contributed by atoms with Gasteiger partial charge >= 0.3 is 0 Å². The van der Waals surface area contributed by atoms with Crippen LogP contribution in [0.3, 0.4) is 0 Å². The van der Waals surface area contributed by atoms with Gasteiger partial charge in [-0.05, 0) is 17.9 Å². The van der Waals surface area contributed by atoms with Crippen molar-refractivity contribution in [2.24, 2.45) is 11.8 Å². The lowest BCUT2D eigenvalue weighted by molar-refractivity contribution is -0.161. The van der Waals surface area contributed by atoms with Crippen molar-refractivity contribution in [1.29, 1.82) is 0 Å². The Bertz CT molecular complexity index is 542. The molecule has 0 spiro atoms. The fraction of sp³-hybridized carbons (Fsp3) is 0.870. The summed E-state index contributed by atoms with van der Waals surface area (Å²) < 4.78 is 39.1. The summed E-state index contributed by atoms with van der Waals surface area (Å²) in [6, 6.07) is 0. The standard InChI is InChI=1S/C23H41NO9/c1-19(2)20-17-21(33-22(18-20)32-16-15-29-8-5-25)23(26)24-3-6-27-9-11-30-13-14-31-12-10-28-7-4-24/h17,19-20,22,25H,3-16,18H2,1-2H3/t20-,22+/m1/s1. The molecule has 0 bridgehead atoms. The van der Waals surface area contributed by atoms with Crippen molar-refractivity contribution < 1.29 is 43.1 Å². The van der Waals surface area contributed by atoms with Crippen LogP contribution < -0.4 is 0 Å². The van der Waals surface area contributed by atoms with E-state index >= 15 is 0 Å². The fourth-order valence-electron chi connectivity index (χ4n) is 3.39. The second kappa shape index (κ2) is 17.2. The zero-order chi connectivity index (χ0) is 23.7. The summed E-state index contributed by atoms with van der Waals surface area (Å²) in [6.45, 7) is 9.73. The maximum absolute atomic E-state index is 13.3. The summed E-state index contributed by atoms with van der Waals surface area (Å²) in [6.07, 6.45) is 2.05. The van der Waals surface area contributed by atoms with Gasteiger partial charge in [0.1, 0.15) is 0 Å². The van der Waals surface area contributed by atoms with Crippen molar-refractivity contribution in [2.45, 2.75) is 26.6 Å². The molecule has 1 amide bonds. The number of aliphatic hydroxyl groups excluding tert-OH is 1. The van der Waals surface area contributed by atoms with Gasteiger partial charge < -0.3 is 43.2 Å². The van der Waals surface area contributed by atoms with E-state index in [1.54, 1.807) is 4.90 Å². The Morgan fingerprint density at radius 3 is 2.09 bits per heavy atom. The molecule has 0 aliphatic carbocycles. The maximum atomic E-state index is 13.3. The molecule has 0 radical (unpaired) electrons. The summed E-state index contributed by atoms with van der Waals surface area (Å²) >= 11 is 0. The Balaban J connectivity index is 1.95. The highest BCUT2D eigenvalue weighted by atomic mass is 16.7. The first kappa shape index (κ1) is 28.0. The van der Waals surface area contributed by atoms with Crippen molar-refractivity contribution >= 4 is 5.91 Å². The molecule has 0 saturated carbocycles. The largest absolute Gasteiger partial charge is 0.459 e. The molecule has 0 unspecified atom stereocenters.